The van der Waals surface area contributed by atoms with Crippen molar-refractivity contribution in [3.05, 3.63) is 39.4 Å². The minimum absolute atomic E-state index is 0.0621. The summed E-state index contributed by atoms with van der Waals surface area (Å²) in [6.07, 6.45) is 0.361. The number of nitro groups is 1. The van der Waals surface area contributed by atoms with Crippen LogP contribution in [0.2, 0.25) is 0 Å². The number of carbonyl (C=O) groups excluding carboxylic acids is 1. The molecule has 0 saturated carbocycles. The molecule has 0 aliphatic rings. The molecule has 1 atom stereocenters. The molecule has 5 nitrogen and oxygen atoms in total. The summed E-state index contributed by atoms with van der Waals surface area (Å²) < 4.78 is 4.58. The van der Waals surface area contributed by atoms with Crippen molar-refractivity contribution < 1.29 is 14.5 Å². The number of hydrogen-bond acceptors (Lipinski definition) is 4. The van der Waals surface area contributed by atoms with Gasteiger partial charge in [0.05, 0.1) is 12.0 Å². The molecule has 0 aliphatic heterocycles. The molecule has 92 valence electrons. The van der Waals surface area contributed by atoms with Crippen LogP contribution >= 0.6 is 15.9 Å². The molecule has 0 amide bonds. The van der Waals surface area contributed by atoms with Crippen LogP contribution in [0.15, 0.2) is 18.2 Å². The highest BCUT2D eigenvalue weighted by Crippen LogP contribution is 2.23. The van der Waals surface area contributed by atoms with Gasteiger partial charge >= 0.3 is 5.97 Å². The Kier molecular flexibility index (Phi) is 4.62. The molecular formula is C11H12BrNO4. The van der Waals surface area contributed by atoms with Gasteiger partial charge in [-0.3, -0.25) is 14.9 Å². The van der Waals surface area contributed by atoms with Crippen LogP contribution in [0.3, 0.4) is 0 Å². The van der Waals surface area contributed by atoms with Crippen LogP contribution < -0.4 is 0 Å². The van der Waals surface area contributed by atoms with Gasteiger partial charge in [-0.25, -0.2) is 0 Å². The molecule has 0 N–H and O–H groups in total. The van der Waals surface area contributed by atoms with Crippen LogP contribution in [0.5, 0.6) is 0 Å². The normalized spacial score (nSPS) is 11.9. The first kappa shape index (κ1) is 13.6. The fraction of sp³-hybridized carbons (Fsp3) is 0.364. The average Bonchev–Trinajstić information content (AvgIpc) is 2.30. The minimum atomic E-state index is -0.492. The van der Waals surface area contributed by atoms with Gasteiger partial charge in [0, 0.05) is 11.6 Å². The quantitative estimate of drug-likeness (QED) is 0.370. The second-order valence-electron chi connectivity index (χ2n) is 3.51. The number of halogens is 1. The van der Waals surface area contributed by atoms with Gasteiger partial charge in [0.15, 0.2) is 0 Å². The molecule has 0 heterocycles. The number of benzene rings is 1. The molecular weight excluding hydrogens is 290 g/mol. The maximum atomic E-state index is 11.2. The number of methoxy groups -OCH3 is 1. The topological polar surface area (TPSA) is 69.4 Å². The Morgan fingerprint density at radius 1 is 1.59 bits per heavy atom. The molecule has 6 heteroatoms. The molecule has 0 aromatic heterocycles. The zero-order valence-corrected chi connectivity index (χ0v) is 11.1. The van der Waals surface area contributed by atoms with Crippen LogP contribution in [0, 0.1) is 17.0 Å². The molecule has 0 fully saturated rings. The molecule has 1 aromatic carbocycles. The number of ether oxygens (including phenoxy) is 1. The zero-order valence-electron chi connectivity index (χ0n) is 9.47. The maximum absolute atomic E-state index is 11.2. The SMILES string of the molecule is COC(=O)C(Br)Cc1cccc([N+](=O)[O-])c1C. The van der Waals surface area contributed by atoms with E-state index in [0.717, 1.165) is 5.56 Å². The van der Waals surface area contributed by atoms with E-state index in [4.69, 9.17) is 0 Å². The van der Waals surface area contributed by atoms with E-state index in [2.05, 4.69) is 20.7 Å². The fourth-order valence-corrected chi connectivity index (χ4v) is 2.03. The lowest BCUT2D eigenvalue weighted by molar-refractivity contribution is -0.385. The molecule has 1 rings (SSSR count). The maximum Gasteiger partial charge on any atom is 0.319 e. The molecule has 0 radical (unpaired) electrons. The van der Waals surface area contributed by atoms with Crippen molar-refractivity contribution in [1.29, 1.82) is 0 Å². The Morgan fingerprint density at radius 3 is 2.76 bits per heavy atom. The minimum Gasteiger partial charge on any atom is -0.468 e. The van der Waals surface area contributed by atoms with E-state index < -0.39 is 15.7 Å². The Hall–Kier alpha value is -1.43. The number of alkyl halides is 1. The largest absolute Gasteiger partial charge is 0.468 e. The van der Waals surface area contributed by atoms with E-state index in [-0.39, 0.29) is 5.69 Å². The first-order chi connectivity index (χ1) is 7.97. The second kappa shape index (κ2) is 5.77. The summed E-state index contributed by atoms with van der Waals surface area (Å²) in [6, 6.07) is 4.82. The second-order valence-corrected chi connectivity index (χ2v) is 4.62. The van der Waals surface area contributed by atoms with Crippen LogP contribution in [-0.2, 0) is 16.0 Å². The van der Waals surface area contributed by atoms with Crippen molar-refractivity contribution in [2.24, 2.45) is 0 Å². The van der Waals surface area contributed by atoms with Gasteiger partial charge in [0.2, 0.25) is 0 Å². The molecule has 17 heavy (non-hydrogen) atoms. The summed E-state index contributed by atoms with van der Waals surface area (Å²) in [5, 5.41) is 10.8. The van der Waals surface area contributed by atoms with E-state index in [1.165, 1.54) is 13.2 Å². The van der Waals surface area contributed by atoms with E-state index in [1.54, 1.807) is 19.1 Å². The molecule has 0 saturated heterocycles. The Bertz CT molecular complexity index is 447. The Morgan fingerprint density at radius 2 is 2.24 bits per heavy atom. The van der Waals surface area contributed by atoms with Crippen molar-refractivity contribution >= 4 is 27.6 Å². The van der Waals surface area contributed by atoms with E-state index in [1.807, 2.05) is 0 Å². The highest BCUT2D eigenvalue weighted by atomic mass is 79.9. The molecule has 0 spiro atoms. The molecule has 0 aliphatic carbocycles. The third kappa shape index (κ3) is 3.26. The van der Waals surface area contributed by atoms with Gasteiger partial charge in [-0.2, -0.15) is 0 Å². The van der Waals surface area contributed by atoms with Gasteiger partial charge in [0.25, 0.3) is 5.69 Å². The lowest BCUT2D eigenvalue weighted by Crippen LogP contribution is -2.18. The summed E-state index contributed by atoms with van der Waals surface area (Å²) in [5.74, 6) is -0.393. The molecule has 1 aromatic rings. The van der Waals surface area contributed by atoms with E-state index >= 15 is 0 Å². The smallest absolute Gasteiger partial charge is 0.319 e. The molecule has 0 bridgehead atoms. The van der Waals surface area contributed by atoms with E-state index in [9.17, 15) is 14.9 Å². The predicted octanol–water partition coefficient (Wildman–Crippen LogP) is 2.38. The summed E-state index contributed by atoms with van der Waals surface area (Å²) in [6.45, 7) is 1.67. The average molecular weight is 302 g/mol. The predicted molar refractivity (Wildman–Crippen MR) is 66.3 cm³/mol. The summed E-state index contributed by atoms with van der Waals surface area (Å²) in [4.78, 5) is 21.1. The number of esters is 1. The molecule has 1 unspecified atom stereocenters. The van der Waals surface area contributed by atoms with E-state index in [0.29, 0.717) is 12.0 Å². The van der Waals surface area contributed by atoms with Crippen molar-refractivity contribution in [3.8, 4) is 0 Å². The van der Waals surface area contributed by atoms with Crippen LogP contribution in [0.1, 0.15) is 11.1 Å². The monoisotopic (exact) mass is 301 g/mol. The van der Waals surface area contributed by atoms with Crippen LogP contribution in [0.4, 0.5) is 5.69 Å². The fourth-order valence-electron chi connectivity index (χ4n) is 1.49. The first-order valence-electron chi connectivity index (χ1n) is 4.92. The van der Waals surface area contributed by atoms with Gasteiger partial charge in [-0.15, -0.1) is 0 Å². The van der Waals surface area contributed by atoms with Gasteiger partial charge < -0.3 is 4.74 Å². The highest BCUT2D eigenvalue weighted by molar-refractivity contribution is 9.10. The van der Waals surface area contributed by atoms with Gasteiger partial charge in [0.1, 0.15) is 4.83 Å². The number of rotatable bonds is 4. The van der Waals surface area contributed by atoms with Crippen LogP contribution in [-0.4, -0.2) is 22.8 Å². The number of hydrogen-bond donors (Lipinski definition) is 0. The lowest BCUT2D eigenvalue weighted by atomic mass is 10.0. The zero-order chi connectivity index (χ0) is 13.0. The number of nitrogens with zero attached hydrogens (tertiary/aromatic N) is 1. The van der Waals surface area contributed by atoms with Crippen molar-refractivity contribution in [2.45, 2.75) is 18.2 Å². The van der Waals surface area contributed by atoms with Crippen molar-refractivity contribution in [1.82, 2.24) is 0 Å². The Labute approximate surface area is 107 Å². The van der Waals surface area contributed by atoms with Gasteiger partial charge in [-0.1, -0.05) is 28.1 Å². The third-order valence-corrected chi connectivity index (χ3v) is 3.17. The number of carbonyl (C=O) groups is 1. The van der Waals surface area contributed by atoms with Gasteiger partial charge in [-0.05, 0) is 18.9 Å². The van der Waals surface area contributed by atoms with Crippen molar-refractivity contribution in [2.75, 3.05) is 7.11 Å². The first-order valence-corrected chi connectivity index (χ1v) is 5.83. The van der Waals surface area contributed by atoms with Crippen LogP contribution in [0.25, 0.3) is 0 Å². The standard InChI is InChI=1S/C11H12BrNO4/c1-7-8(6-9(12)11(14)17-2)4-3-5-10(7)13(15)16/h3-5,9H,6H2,1-2H3. The summed E-state index contributed by atoms with van der Waals surface area (Å²) in [5.41, 5.74) is 1.39. The third-order valence-electron chi connectivity index (χ3n) is 2.47. The highest BCUT2D eigenvalue weighted by Gasteiger charge is 2.20. The lowest BCUT2D eigenvalue weighted by Gasteiger charge is -2.09. The number of nitro benzene ring substituents is 1. The Balaban J connectivity index is 2.96. The summed E-state index contributed by atoms with van der Waals surface area (Å²) >= 11 is 3.19. The summed E-state index contributed by atoms with van der Waals surface area (Å²) in [7, 11) is 1.30. The van der Waals surface area contributed by atoms with Crippen molar-refractivity contribution in [3.63, 3.8) is 0 Å².